The Bertz CT molecular complexity index is 1240. The highest BCUT2D eigenvalue weighted by Gasteiger charge is 2.43. The molecule has 9 heteroatoms. The number of carbonyl (C=O) groups is 1. The number of anilines is 1. The van der Waals surface area contributed by atoms with Crippen LogP contribution < -0.4 is 34.6 Å². The van der Waals surface area contributed by atoms with Crippen LogP contribution in [-0.4, -0.2) is 40.5 Å². The van der Waals surface area contributed by atoms with Crippen LogP contribution in [0.25, 0.3) is 0 Å². The molecule has 1 amide bonds. The van der Waals surface area contributed by atoms with Gasteiger partial charge in [0.05, 0.1) is 39.9 Å². The zero-order valence-electron chi connectivity index (χ0n) is 19.5. The Labute approximate surface area is 196 Å². The lowest BCUT2D eigenvalue weighted by molar-refractivity contribution is -0.122. The van der Waals surface area contributed by atoms with Crippen molar-refractivity contribution >= 4 is 11.6 Å². The Hall–Kier alpha value is -4.14. The largest absolute Gasteiger partial charge is 0.497 e. The van der Waals surface area contributed by atoms with Crippen LogP contribution >= 0.6 is 0 Å². The average Bonchev–Trinajstić information content (AvgIpc) is 3.23. The van der Waals surface area contributed by atoms with Gasteiger partial charge in [0.2, 0.25) is 5.75 Å². The highest BCUT2D eigenvalue weighted by molar-refractivity contribution is 5.96. The van der Waals surface area contributed by atoms with Gasteiger partial charge in [0.15, 0.2) is 17.6 Å². The van der Waals surface area contributed by atoms with Gasteiger partial charge in [0.25, 0.3) is 5.91 Å². The molecular formula is C25H25NO8. The minimum atomic E-state index is -1.02. The standard InChI is InChI=1S/C25H25NO8/c1-13-10-17-21(25(28)33-13)20(14-6-8-16(29-2)9-7-14)23(34-17)24(27)26-15-11-18(30-3)22(32-5)19(12-15)31-4/h6-12,20,23H,1-5H3,(H,26,27)/t20-,23-/m0/s1. The smallest absolute Gasteiger partial charge is 0.343 e. The molecular weight excluding hydrogens is 442 g/mol. The van der Waals surface area contributed by atoms with E-state index in [9.17, 15) is 9.59 Å². The summed E-state index contributed by atoms with van der Waals surface area (Å²) < 4.78 is 32.6. The third kappa shape index (κ3) is 4.12. The monoisotopic (exact) mass is 467 g/mol. The van der Waals surface area contributed by atoms with E-state index in [1.54, 1.807) is 56.5 Å². The Morgan fingerprint density at radius 2 is 1.56 bits per heavy atom. The van der Waals surface area contributed by atoms with Gasteiger partial charge in [-0.25, -0.2) is 4.79 Å². The summed E-state index contributed by atoms with van der Waals surface area (Å²) in [6, 6.07) is 11.9. The van der Waals surface area contributed by atoms with Gasteiger partial charge in [-0.3, -0.25) is 4.79 Å². The van der Waals surface area contributed by atoms with E-state index in [0.717, 1.165) is 0 Å². The Morgan fingerprint density at radius 1 is 0.912 bits per heavy atom. The number of ether oxygens (including phenoxy) is 5. The van der Waals surface area contributed by atoms with E-state index < -0.39 is 23.6 Å². The topological polar surface area (TPSA) is 105 Å². The molecule has 1 aliphatic rings. The second-order valence-corrected chi connectivity index (χ2v) is 7.61. The fraction of sp³-hybridized carbons (Fsp3) is 0.280. The molecule has 178 valence electrons. The first kappa shape index (κ1) is 23.0. The van der Waals surface area contributed by atoms with Crippen molar-refractivity contribution in [1.82, 2.24) is 0 Å². The van der Waals surface area contributed by atoms with E-state index in [-0.39, 0.29) is 0 Å². The predicted octanol–water partition coefficient (Wildman–Crippen LogP) is 3.51. The zero-order valence-corrected chi connectivity index (χ0v) is 19.5. The molecule has 9 nitrogen and oxygen atoms in total. The number of amides is 1. The summed E-state index contributed by atoms with van der Waals surface area (Å²) >= 11 is 0. The maximum Gasteiger partial charge on any atom is 0.343 e. The number of nitrogens with one attached hydrogen (secondary N) is 1. The Morgan fingerprint density at radius 3 is 2.12 bits per heavy atom. The van der Waals surface area contributed by atoms with E-state index in [1.807, 2.05) is 0 Å². The van der Waals surface area contributed by atoms with Crippen molar-refractivity contribution in [1.29, 1.82) is 0 Å². The van der Waals surface area contributed by atoms with Gasteiger partial charge in [-0.15, -0.1) is 0 Å². The SMILES string of the molecule is COc1ccc([C@H]2c3c(cc(C)oc3=O)O[C@@H]2C(=O)Nc2cc(OC)c(OC)c(OC)c2)cc1. The number of methoxy groups -OCH3 is 4. The molecule has 1 N–H and O–H groups in total. The van der Waals surface area contributed by atoms with Crippen molar-refractivity contribution in [2.45, 2.75) is 18.9 Å². The normalized spacial score (nSPS) is 16.3. The van der Waals surface area contributed by atoms with Crippen LogP contribution in [0, 0.1) is 6.92 Å². The molecule has 2 atom stereocenters. The molecule has 1 aromatic heterocycles. The molecule has 2 heterocycles. The van der Waals surface area contributed by atoms with Crippen molar-refractivity contribution in [3.05, 3.63) is 69.8 Å². The van der Waals surface area contributed by atoms with Crippen molar-refractivity contribution in [2.75, 3.05) is 33.8 Å². The molecule has 0 saturated carbocycles. The maximum absolute atomic E-state index is 13.4. The van der Waals surface area contributed by atoms with Gasteiger partial charge in [-0.05, 0) is 24.6 Å². The minimum absolute atomic E-state index is 0.292. The first-order valence-electron chi connectivity index (χ1n) is 10.5. The lowest BCUT2D eigenvalue weighted by Gasteiger charge is -2.20. The summed E-state index contributed by atoms with van der Waals surface area (Å²) in [6.45, 7) is 1.65. The lowest BCUT2D eigenvalue weighted by atomic mass is 9.88. The second-order valence-electron chi connectivity index (χ2n) is 7.61. The van der Waals surface area contributed by atoms with Crippen LogP contribution in [0.4, 0.5) is 5.69 Å². The zero-order chi connectivity index (χ0) is 24.4. The molecule has 0 radical (unpaired) electrons. The first-order chi connectivity index (χ1) is 16.4. The molecule has 2 aromatic carbocycles. The quantitative estimate of drug-likeness (QED) is 0.563. The number of fused-ring (bicyclic) bond motifs is 1. The van der Waals surface area contributed by atoms with Gasteiger partial charge >= 0.3 is 5.63 Å². The fourth-order valence-electron chi connectivity index (χ4n) is 4.05. The summed E-state index contributed by atoms with van der Waals surface area (Å²) in [7, 11) is 6.03. The van der Waals surface area contributed by atoms with E-state index in [0.29, 0.717) is 51.3 Å². The van der Waals surface area contributed by atoms with E-state index in [1.165, 1.54) is 21.3 Å². The van der Waals surface area contributed by atoms with E-state index in [2.05, 4.69) is 5.32 Å². The summed E-state index contributed by atoms with van der Waals surface area (Å²) in [5.41, 5.74) is 0.871. The second kappa shape index (κ2) is 9.38. The molecule has 0 bridgehead atoms. The molecule has 34 heavy (non-hydrogen) atoms. The lowest BCUT2D eigenvalue weighted by Crippen LogP contribution is -2.35. The number of rotatable bonds is 7. The van der Waals surface area contributed by atoms with Crippen molar-refractivity contribution < 1.29 is 32.9 Å². The molecule has 0 aliphatic carbocycles. The van der Waals surface area contributed by atoms with Crippen LogP contribution in [0.2, 0.25) is 0 Å². The van der Waals surface area contributed by atoms with E-state index in [4.69, 9.17) is 28.1 Å². The molecule has 0 unspecified atom stereocenters. The van der Waals surface area contributed by atoms with E-state index >= 15 is 0 Å². The van der Waals surface area contributed by atoms with Gasteiger partial charge in [-0.2, -0.15) is 0 Å². The number of aryl methyl sites for hydroxylation is 1. The third-order valence-electron chi connectivity index (χ3n) is 5.61. The summed E-state index contributed by atoms with van der Waals surface area (Å²) in [5, 5.41) is 2.84. The van der Waals surface area contributed by atoms with Crippen molar-refractivity contribution in [3.8, 4) is 28.7 Å². The average molecular weight is 467 g/mol. The van der Waals surface area contributed by atoms with Crippen LogP contribution in [0.15, 0.2) is 51.7 Å². The Balaban J connectivity index is 1.73. The first-order valence-corrected chi connectivity index (χ1v) is 10.5. The van der Waals surface area contributed by atoms with Gasteiger partial charge < -0.3 is 33.4 Å². The fourth-order valence-corrected chi connectivity index (χ4v) is 4.05. The molecule has 0 saturated heterocycles. The number of benzene rings is 2. The highest BCUT2D eigenvalue weighted by Crippen LogP contribution is 2.43. The number of carbonyl (C=O) groups excluding carboxylic acids is 1. The minimum Gasteiger partial charge on any atom is -0.497 e. The van der Waals surface area contributed by atoms with Crippen LogP contribution in [-0.2, 0) is 4.79 Å². The highest BCUT2D eigenvalue weighted by atomic mass is 16.5. The van der Waals surface area contributed by atoms with Crippen LogP contribution in [0.3, 0.4) is 0 Å². The van der Waals surface area contributed by atoms with Crippen LogP contribution in [0.1, 0.15) is 22.8 Å². The van der Waals surface area contributed by atoms with Gasteiger partial charge in [0, 0.05) is 23.9 Å². The predicted molar refractivity (Wildman–Crippen MR) is 124 cm³/mol. The third-order valence-corrected chi connectivity index (χ3v) is 5.61. The number of hydrogen-bond donors (Lipinski definition) is 1. The van der Waals surface area contributed by atoms with Gasteiger partial charge in [-0.1, -0.05) is 12.1 Å². The van der Waals surface area contributed by atoms with Gasteiger partial charge in [0.1, 0.15) is 17.3 Å². The summed E-state index contributed by atoms with van der Waals surface area (Å²) in [5.74, 6) is 1.39. The molecule has 1 aliphatic heterocycles. The van der Waals surface area contributed by atoms with Crippen LogP contribution in [0.5, 0.6) is 28.7 Å². The molecule has 0 fully saturated rings. The number of hydrogen-bond acceptors (Lipinski definition) is 8. The summed E-state index contributed by atoms with van der Waals surface area (Å²) in [4.78, 5) is 26.2. The molecule has 0 spiro atoms. The summed E-state index contributed by atoms with van der Waals surface area (Å²) in [6.07, 6.45) is -1.02. The molecule has 3 aromatic rings. The van der Waals surface area contributed by atoms with Crippen molar-refractivity contribution in [2.24, 2.45) is 0 Å². The Kier molecular flexibility index (Phi) is 6.36. The maximum atomic E-state index is 13.4. The molecule has 4 rings (SSSR count). The van der Waals surface area contributed by atoms with Crippen molar-refractivity contribution in [3.63, 3.8) is 0 Å².